The monoisotopic (exact) mass is 324 g/mol. The first-order chi connectivity index (χ1) is 9.97. The zero-order chi connectivity index (χ0) is 15.8. The van der Waals surface area contributed by atoms with Crippen LogP contribution in [0, 0.1) is 0 Å². The maximum Gasteiger partial charge on any atom is 0.234 e. The third kappa shape index (κ3) is 6.06. The number of benzene rings is 1. The highest BCUT2D eigenvalue weighted by Gasteiger charge is 2.10. The van der Waals surface area contributed by atoms with Crippen molar-refractivity contribution < 1.29 is 4.79 Å². The zero-order valence-corrected chi connectivity index (χ0v) is 14.8. The highest BCUT2D eigenvalue weighted by molar-refractivity contribution is 8.23. The molecule has 0 saturated carbocycles. The lowest BCUT2D eigenvalue weighted by Gasteiger charge is -2.20. The van der Waals surface area contributed by atoms with Gasteiger partial charge in [0.25, 0.3) is 0 Å². The molecule has 0 aliphatic rings. The molecule has 0 spiro atoms. The van der Waals surface area contributed by atoms with Gasteiger partial charge >= 0.3 is 0 Å². The van der Waals surface area contributed by atoms with E-state index in [9.17, 15) is 4.79 Å². The highest BCUT2D eigenvalue weighted by Crippen LogP contribution is 2.19. The Morgan fingerprint density at radius 2 is 2.00 bits per heavy atom. The van der Waals surface area contributed by atoms with E-state index in [-0.39, 0.29) is 5.91 Å². The van der Waals surface area contributed by atoms with Crippen LogP contribution in [0.2, 0.25) is 0 Å². The maximum absolute atomic E-state index is 12.0. The number of rotatable bonds is 6. The minimum absolute atomic E-state index is 0.0181. The Hall–Kier alpha value is -1.07. The van der Waals surface area contributed by atoms with Gasteiger partial charge in [-0.2, -0.15) is 0 Å². The number of carbonyl (C=O) groups is 1. The molecule has 0 saturated heterocycles. The van der Waals surface area contributed by atoms with Crippen LogP contribution in [0.5, 0.6) is 0 Å². The molecule has 1 rings (SSSR count). The number of carbonyl (C=O) groups excluding carboxylic acids is 1. The summed E-state index contributed by atoms with van der Waals surface area (Å²) in [5.41, 5.74) is 2.07. The van der Waals surface area contributed by atoms with Gasteiger partial charge in [-0.25, -0.2) is 0 Å². The van der Waals surface area contributed by atoms with Crippen LogP contribution in [0.15, 0.2) is 24.3 Å². The fourth-order valence-corrected chi connectivity index (χ4v) is 3.08. The largest absolute Gasteiger partial charge is 0.358 e. The summed E-state index contributed by atoms with van der Waals surface area (Å²) < 4.78 is 0.783. The Kier molecular flexibility index (Phi) is 7.75. The average Bonchev–Trinajstić information content (AvgIpc) is 2.46. The number of thioether (sulfide) groups is 1. The van der Waals surface area contributed by atoms with Crippen molar-refractivity contribution in [2.75, 3.05) is 24.2 Å². The molecular formula is C16H24N2OS2. The standard InChI is InChI=1S/C16H24N2OS2/c1-5-18(6-2)16(20)21-11-15(19)17-14-9-7-8-13(10-14)12(3)4/h7-10,12H,5-6,11H2,1-4H3,(H,17,19). The first-order valence-electron chi connectivity index (χ1n) is 7.29. The molecule has 1 aromatic carbocycles. The van der Waals surface area contributed by atoms with Crippen molar-refractivity contribution in [1.29, 1.82) is 0 Å². The van der Waals surface area contributed by atoms with Crippen molar-refractivity contribution >= 4 is 39.9 Å². The summed E-state index contributed by atoms with van der Waals surface area (Å²) in [7, 11) is 0. The third-order valence-corrected chi connectivity index (χ3v) is 4.71. The van der Waals surface area contributed by atoms with Gasteiger partial charge in [0.15, 0.2) is 0 Å². The number of hydrogen-bond acceptors (Lipinski definition) is 3. The van der Waals surface area contributed by atoms with E-state index in [0.29, 0.717) is 11.7 Å². The first kappa shape index (κ1) is 18.0. The number of anilines is 1. The number of nitrogens with one attached hydrogen (secondary N) is 1. The predicted molar refractivity (Wildman–Crippen MR) is 97.1 cm³/mol. The number of hydrogen-bond donors (Lipinski definition) is 1. The molecule has 0 heterocycles. The Bertz CT molecular complexity index is 485. The van der Waals surface area contributed by atoms with Crippen LogP contribution in [-0.2, 0) is 4.79 Å². The number of amides is 1. The molecule has 5 heteroatoms. The third-order valence-electron chi connectivity index (χ3n) is 3.19. The summed E-state index contributed by atoms with van der Waals surface area (Å²) >= 11 is 6.74. The first-order valence-corrected chi connectivity index (χ1v) is 8.68. The van der Waals surface area contributed by atoms with Gasteiger partial charge in [-0.15, -0.1) is 0 Å². The Morgan fingerprint density at radius 1 is 1.33 bits per heavy atom. The minimum Gasteiger partial charge on any atom is -0.358 e. The normalized spacial score (nSPS) is 10.5. The van der Waals surface area contributed by atoms with Crippen molar-refractivity contribution in [2.45, 2.75) is 33.6 Å². The van der Waals surface area contributed by atoms with Gasteiger partial charge < -0.3 is 10.2 Å². The van der Waals surface area contributed by atoms with Crippen molar-refractivity contribution in [2.24, 2.45) is 0 Å². The van der Waals surface area contributed by atoms with Gasteiger partial charge in [-0.05, 0) is 37.5 Å². The molecule has 1 N–H and O–H groups in total. The second kappa shape index (κ2) is 9.05. The zero-order valence-electron chi connectivity index (χ0n) is 13.2. The molecule has 0 atom stereocenters. The van der Waals surface area contributed by atoms with E-state index in [2.05, 4.69) is 44.0 Å². The van der Waals surface area contributed by atoms with E-state index < -0.39 is 0 Å². The lowest BCUT2D eigenvalue weighted by atomic mass is 10.0. The molecule has 0 radical (unpaired) electrons. The van der Waals surface area contributed by atoms with Gasteiger partial charge in [0, 0.05) is 18.8 Å². The molecule has 0 aliphatic heterocycles. The van der Waals surface area contributed by atoms with E-state index in [0.717, 1.165) is 23.1 Å². The molecule has 1 amide bonds. The summed E-state index contributed by atoms with van der Waals surface area (Å²) in [5.74, 6) is 0.781. The molecule has 0 aliphatic carbocycles. The van der Waals surface area contributed by atoms with Crippen LogP contribution in [0.4, 0.5) is 5.69 Å². The van der Waals surface area contributed by atoms with E-state index >= 15 is 0 Å². The van der Waals surface area contributed by atoms with Gasteiger partial charge in [-0.1, -0.05) is 50.0 Å². The summed E-state index contributed by atoms with van der Waals surface area (Å²) in [4.78, 5) is 14.1. The van der Waals surface area contributed by atoms with Crippen LogP contribution < -0.4 is 5.32 Å². The molecule has 1 aromatic rings. The van der Waals surface area contributed by atoms with E-state index in [1.165, 1.54) is 17.3 Å². The summed E-state index contributed by atoms with van der Waals surface area (Å²) in [6.07, 6.45) is 0. The Morgan fingerprint density at radius 3 is 2.57 bits per heavy atom. The Balaban J connectivity index is 2.51. The van der Waals surface area contributed by atoms with Crippen LogP contribution in [0.3, 0.4) is 0 Å². The quantitative estimate of drug-likeness (QED) is 0.798. The van der Waals surface area contributed by atoms with Crippen LogP contribution in [-0.4, -0.2) is 34.0 Å². The molecule has 0 unspecified atom stereocenters. The smallest absolute Gasteiger partial charge is 0.234 e. The molecule has 21 heavy (non-hydrogen) atoms. The van der Waals surface area contributed by atoms with Crippen molar-refractivity contribution in [3.05, 3.63) is 29.8 Å². The van der Waals surface area contributed by atoms with E-state index in [4.69, 9.17) is 12.2 Å². The second-order valence-corrected chi connectivity index (χ2v) is 6.66. The SMILES string of the molecule is CCN(CC)C(=S)SCC(=O)Nc1cccc(C(C)C)c1. The summed E-state index contributed by atoms with van der Waals surface area (Å²) in [5, 5.41) is 2.93. The van der Waals surface area contributed by atoms with Gasteiger partial charge in [-0.3, -0.25) is 4.79 Å². The lowest BCUT2D eigenvalue weighted by molar-refractivity contribution is -0.113. The summed E-state index contributed by atoms with van der Waals surface area (Å²) in [6, 6.07) is 7.98. The van der Waals surface area contributed by atoms with E-state index in [1.807, 2.05) is 18.2 Å². The summed E-state index contributed by atoms with van der Waals surface area (Å²) in [6.45, 7) is 10.2. The fraction of sp³-hybridized carbons (Fsp3) is 0.500. The molecular weight excluding hydrogens is 300 g/mol. The number of thiocarbonyl (C=S) groups is 1. The van der Waals surface area contributed by atoms with Crippen LogP contribution in [0.1, 0.15) is 39.2 Å². The Labute approximate surface area is 137 Å². The lowest BCUT2D eigenvalue weighted by Crippen LogP contribution is -2.28. The van der Waals surface area contributed by atoms with Gasteiger partial charge in [0.1, 0.15) is 4.32 Å². The molecule has 0 bridgehead atoms. The molecule has 116 valence electrons. The van der Waals surface area contributed by atoms with Gasteiger partial charge in [0.2, 0.25) is 5.91 Å². The highest BCUT2D eigenvalue weighted by atomic mass is 32.2. The maximum atomic E-state index is 12.0. The second-order valence-electron chi connectivity index (χ2n) is 5.06. The number of nitrogens with zero attached hydrogens (tertiary/aromatic N) is 1. The van der Waals surface area contributed by atoms with Crippen molar-refractivity contribution in [3.63, 3.8) is 0 Å². The molecule has 0 aromatic heterocycles. The van der Waals surface area contributed by atoms with Crippen molar-refractivity contribution in [3.8, 4) is 0 Å². The molecule has 0 fully saturated rings. The van der Waals surface area contributed by atoms with Crippen LogP contribution in [0.25, 0.3) is 0 Å². The van der Waals surface area contributed by atoms with E-state index in [1.54, 1.807) is 0 Å². The van der Waals surface area contributed by atoms with Crippen molar-refractivity contribution in [1.82, 2.24) is 4.90 Å². The topological polar surface area (TPSA) is 32.3 Å². The van der Waals surface area contributed by atoms with Gasteiger partial charge in [0.05, 0.1) is 5.75 Å². The molecule has 3 nitrogen and oxygen atoms in total. The fourth-order valence-electron chi connectivity index (χ4n) is 1.87. The predicted octanol–water partition coefficient (Wildman–Crippen LogP) is 4.11. The minimum atomic E-state index is -0.0181. The van der Waals surface area contributed by atoms with Crippen LogP contribution >= 0.6 is 24.0 Å². The average molecular weight is 325 g/mol.